The van der Waals surface area contributed by atoms with Crippen LogP contribution in [0.1, 0.15) is 71.6 Å². The molecule has 1 unspecified atom stereocenters. The largest absolute Gasteiger partial charge is 0.462 e. The first-order chi connectivity index (χ1) is 13.9. The summed E-state index contributed by atoms with van der Waals surface area (Å²) in [6.07, 6.45) is 7.79. The first-order valence-corrected chi connectivity index (χ1v) is 11.6. The molecule has 30 heavy (non-hydrogen) atoms. The van der Waals surface area contributed by atoms with Crippen LogP contribution in [0.15, 0.2) is 5.16 Å². The van der Waals surface area contributed by atoms with Crippen molar-refractivity contribution < 1.29 is 19.2 Å². The van der Waals surface area contributed by atoms with Crippen LogP contribution in [0.2, 0.25) is 0 Å². The molecule has 0 aromatic rings. The maximum Gasteiger partial charge on any atom is 0.306 e. The minimum absolute atomic E-state index is 0. The molecule has 1 N–H and O–H groups in total. The van der Waals surface area contributed by atoms with Crippen molar-refractivity contribution in [2.75, 3.05) is 13.1 Å². The van der Waals surface area contributed by atoms with Crippen molar-refractivity contribution in [2.24, 2.45) is 33.7 Å². The summed E-state index contributed by atoms with van der Waals surface area (Å²) < 4.78 is 6.11. The molecule has 3 saturated carbocycles. The highest BCUT2D eigenvalue weighted by atomic mass is 35.5. The monoisotopic (exact) mass is 438 g/mol. The number of oxime groups is 1. The van der Waals surface area contributed by atoms with Gasteiger partial charge in [-0.05, 0) is 56.4 Å². The summed E-state index contributed by atoms with van der Waals surface area (Å²) in [5.41, 5.74) is 0.877. The van der Waals surface area contributed by atoms with E-state index < -0.39 is 0 Å². The quantitative estimate of drug-likeness (QED) is 0.525. The average molecular weight is 439 g/mol. The second-order valence-electron chi connectivity index (χ2n) is 10.6. The Bertz CT molecular complexity index is 737. The van der Waals surface area contributed by atoms with Crippen molar-refractivity contribution >= 4 is 29.9 Å². The summed E-state index contributed by atoms with van der Waals surface area (Å²) in [4.78, 5) is 31.2. The zero-order valence-electron chi connectivity index (χ0n) is 18.2. The van der Waals surface area contributed by atoms with E-state index >= 15 is 0 Å². The van der Waals surface area contributed by atoms with Crippen molar-refractivity contribution in [3.8, 4) is 0 Å². The van der Waals surface area contributed by atoms with Gasteiger partial charge in [0.25, 0.3) is 0 Å². The zero-order valence-corrected chi connectivity index (χ0v) is 19.0. The molecule has 3 aliphatic carbocycles. The number of Topliss-reactive ketones (excluding diaryl/α,β-unsaturated/α-hetero) is 1. The predicted octanol–water partition coefficient (Wildman–Crippen LogP) is 3.66. The number of rotatable bonds is 2. The summed E-state index contributed by atoms with van der Waals surface area (Å²) in [5.74, 6) is 1.09. The predicted molar refractivity (Wildman–Crippen MR) is 116 cm³/mol. The van der Waals surface area contributed by atoms with Gasteiger partial charge in [-0.2, -0.15) is 0 Å². The van der Waals surface area contributed by atoms with Crippen molar-refractivity contribution in [2.45, 2.75) is 83.8 Å². The fourth-order valence-corrected chi connectivity index (χ4v) is 7.10. The molecular weight excluding hydrogens is 404 g/mol. The molecule has 5 aliphatic rings. The lowest BCUT2D eigenvalue weighted by Gasteiger charge is -2.52. The van der Waals surface area contributed by atoms with E-state index in [2.05, 4.69) is 24.3 Å². The summed E-state index contributed by atoms with van der Waals surface area (Å²) in [6, 6.07) is 0. The smallest absolute Gasteiger partial charge is 0.306 e. The van der Waals surface area contributed by atoms with Crippen molar-refractivity contribution in [1.29, 1.82) is 0 Å². The van der Waals surface area contributed by atoms with Gasteiger partial charge in [-0.25, -0.2) is 0 Å². The number of hydrogen-bond acceptors (Lipinski definition) is 6. The van der Waals surface area contributed by atoms with Gasteiger partial charge in [0.05, 0.1) is 5.71 Å². The number of hydrogen-bond donors (Lipinski definition) is 1. The number of esters is 1. The van der Waals surface area contributed by atoms with Gasteiger partial charge in [-0.3, -0.25) is 9.59 Å². The molecular formula is C23H35ClN2O4. The lowest BCUT2D eigenvalue weighted by atomic mass is 9.52. The van der Waals surface area contributed by atoms with Gasteiger partial charge in [0.2, 0.25) is 0 Å². The number of carbonyl (C=O) groups excluding carboxylic acids is 2. The van der Waals surface area contributed by atoms with Crippen LogP contribution in [0.5, 0.6) is 0 Å². The molecule has 2 heterocycles. The Morgan fingerprint density at radius 2 is 1.90 bits per heavy atom. The lowest BCUT2D eigenvalue weighted by molar-refractivity contribution is -0.165. The Morgan fingerprint density at radius 3 is 2.67 bits per heavy atom. The van der Waals surface area contributed by atoms with Gasteiger partial charge in [0.1, 0.15) is 18.0 Å². The van der Waals surface area contributed by atoms with E-state index in [0.29, 0.717) is 24.5 Å². The highest BCUT2D eigenvalue weighted by Crippen LogP contribution is 2.61. The Morgan fingerprint density at radius 1 is 1.07 bits per heavy atom. The standard InChI is InChI=1S/C23H34N2O4.ClH/c1-22-8-5-15(25-29-16-7-10-24-13-16)11-14(22)12-20(27)28-21-17-3-4-19(26)23(17,2)9-6-18(21)22;/h14,16-18,21,24H,3-13H2,1-2H3;1H/b25-15+;/t14?,16-,17+,18+,21+,22+,23+;/m1./s1. The number of carbonyl (C=O) groups is 2. The van der Waals surface area contributed by atoms with E-state index in [1.54, 1.807) is 0 Å². The Balaban J connectivity index is 0.00000218. The SMILES string of the molecule is C[C@]12CC/C(=N\O[C@@H]3CCNC3)CC1CC(=O)O[C@@H]1[C@@H]2CC[C@]2(C)C(=O)CC[C@@H]12.Cl. The number of nitrogens with zero attached hydrogens (tertiary/aromatic N) is 1. The highest BCUT2D eigenvalue weighted by Gasteiger charge is 2.61. The molecule has 2 saturated heterocycles. The third-order valence-corrected chi connectivity index (χ3v) is 9.15. The van der Waals surface area contributed by atoms with Crippen LogP contribution in [0, 0.1) is 28.6 Å². The molecule has 5 rings (SSSR count). The highest BCUT2D eigenvalue weighted by molar-refractivity contribution is 5.88. The molecule has 7 heteroatoms. The topological polar surface area (TPSA) is 77.0 Å². The van der Waals surface area contributed by atoms with Gasteiger partial charge < -0.3 is 14.9 Å². The van der Waals surface area contributed by atoms with Gasteiger partial charge in [-0.15, -0.1) is 12.4 Å². The third kappa shape index (κ3) is 3.48. The summed E-state index contributed by atoms with van der Waals surface area (Å²) >= 11 is 0. The van der Waals surface area contributed by atoms with E-state index in [1.807, 2.05) is 0 Å². The molecule has 7 atom stereocenters. The van der Waals surface area contributed by atoms with Crippen molar-refractivity contribution in [3.63, 3.8) is 0 Å². The minimum Gasteiger partial charge on any atom is -0.462 e. The molecule has 0 amide bonds. The molecule has 0 radical (unpaired) electrons. The number of nitrogens with one attached hydrogen (secondary N) is 1. The molecule has 0 bridgehead atoms. The van der Waals surface area contributed by atoms with E-state index in [-0.39, 0.29) is 53.3 Å². The molecule has 2 aliphatic heterocycles. The van der Waals surface area contributed by atoms with E-state index in [1.165, 1.54) is 0 Å². The van der Waals surface area contributed by atoms with Crippen LogP contribution in [0.25, 0.3) is 0 Å². The van der Waals surface area contributed by atoms with Crippen LogP contribution >= 0.6 is 12.4 Å². The molecule has 0 aromatic carbocycles. The normalized spacial score (nSPS) is 46.9. The maximum absolute atomic E-state index is 12.8. The second-order valence-corrected chi connectivity index (χ2v) is 10.6. The number of fused-ring (bicyclic) bond motifs is 5. The summed E-state index contributed by atoms with van der Waals surface area (Å²) in [7, 11) is 0. The number of halogens is 1. The minimum atomic E-state index is -0.290. The van der Waals surface area contributed by atoms with E-state index in [0.717, 1.165) is 63.7 Å². The van der Waals surface area contributed by atoms with Gasteiger partial charge in [0, 0.05) is 43.1 Å². The summed E-state index contributed by atoms with van der Waals surface area (Å²) in [5, 5.41) is 7.80. The zero-order chi connectivity index (χ0) is 20.2. The fraction of sp³-hybridized carbons (Fsp3) is 0.870. The second kappa shape index (κ2) is 8.09. The number of ether oxygens (including phenoxy) is 1. The third-order valence-electron chi connectivity index (χ3n) is 9.15. The van der Waals surface area contributed by atoms with Crippen LogP contribution in [0.3, 0.4) is 0 Å². The van der Waals surface area contributed by atoms with E-state index in [9.17, 15) is 9.59 Å². The van der Waals surface area contributed by atoms with Crippen LogP contribution < -0.4 is 5.32 Å². The fourth-order valence-electron chi connectivity index (χ4n) is 7.10. The van der Waals surface area contributed by atoms with Crippen molar-refractivity contribution in [3.05, 3.63) is 0 Å². The lowest BCUT2D eigenvalue weighted by Crippen LogP contribution is -2.52. The molecule has 0 spiro atoms. The Kier molecular flexibility index (Phi) is 5.95. The first kappa shape index (κ1) is 22.1. The Hall–Kier alpha value is -1.14. The van der Waals surface area contributed by atoms with Crippen LogP contribution in [-0.4, -0.2) is 42.8 Å². The number of ketones is 1. The first-order valence-electron chi connectivity index (χ1n) is 11.6. The molecule has 0 aromatic heterocycles. The van der Waals surface area contributed by atoms with E-state index in [4.69, 9.17) is 9.57 Å². The Labute approximate surface area is 185 Å². The van der Waals surface area contributed by atoms with Gasteiger partial charge in [-0.1, -0.05) is 19.0 Å². The maximum atomic E-state index is 12.8. The summed E-state index contributed by atoms with van der Waals surface area (Å²) in [6.45, 7) is 6.35. The van der Waals surface area contributed by atoms with Crippen molar-refractivity contribution in [1.82, 2.24) is 5.32 Å². The average Bonchev–Trinajstić information content (AvgIpc) is 3.28. The van der Waals surface area contributed by atoms with Gasteiger partial charge in [0.15, 0.2) is 0 Å². The molecule has 168 valence electrons. The van der Waals surface area contributed by atoms with Gasteiger partial charge >= 0.3 is 5.97 Å². The molecule has 5 fully saturated rings. The van der Waals surface area contributed by atoms with Crippen LogP contribution in [-0.2, 0) is 19.2 Å². The molecule has 6 nitrogen and oxygen atoms in total. The van der Waals surface area contributed by atoms with Crippen LogP contribution in [0.4, 0.5) is 0 Å².